The number of rotatable bonds is 4. The molecule has 0 aromatic rings. The molecular formula is C13H23N3O. The molecule has 1 aliphatic heterocycles. The zero-order chi connectivity index (χ0) is 12.9. The number of nitrogens with zero attached hydrogens (tertiary/aromatic N) is 3. The average molecular weight is 237 g/mol. The largest absolute Gasteiger partial charge is 0.327 e. The molecule has 0 spiro atoms. The minimum atomic E-state index is -0.572. The van der Waals surface area contributed by atoms with Crippen molar-refractivity contribution in [2.45, 2.75) is 44.6 Å². The first kappa shape index (κ1) is 14.0. The summed E-state index contributed by atoms with van der Waals surface area (Å²) >= 11 is 0. The smallest absolute Gasteiger partial charge is 0.223 e. The summed E-state index contributed by atoms with van der Waals surface area (Å²) in [5.41, 5.74) is -0.572. The number of likely N-dealkylation sites (tertiary alicyclic amines) is 1. The summed E-state index contributed by atoms with van der Waals surface area (Å²) in [4.78, 5) is 15.9. The highest BCUT2D eigenvalue weighted by atomic mass is 16.2. The van der Waals surface area contributed by atoms with E-state index in [1.165, 1.54) is 0 Å². The van der Waals surface area contributed by atoms with Crippen LogP contribution in [0.4, 0.5) is 0 Å². The Hall–Kier alpha value is -1.08. The summed E-state index contributed by atoms with van der Waals surface area (Å²) in [5.74, 6) is 0.109. The van der Waals surface area contributed by atoms with Crippen LogP contribution in [0, 0.1) is 11.3 Å². The van der Waals surface area contributed by atoms with Gasteiger partial charge in [-0.2, -0.15) is 5.26 Å². The number of amides is 1. The number of hydrogen-bond acceptors (Lipinski definition) is 3. The number of hydrogen-bond donors (Lipinski definition) is 0. The molecule has 0 bridgehead atoms. The van der Waals surface area contributed by atoms with Crippen LogP contribution in [0.1, 0.15) is 39.0 Å². The molecule has 17 heavy (non-hydrogen) atoms. The molecule has 96 valence electrons. The van der Waals surface area contributed by atoms with E-state index in [2.05, 4.69) is 24.9 Å². The first-order valence-electron chi connectivity index (χ1n) is 6.42. The number of piperidine rings is 1. The fourth-order valence-corrected chi connectivity index (χ4v) is 2.25. The third-order valence-corrected chi connectivity index (χ3v) is 3.78. The van der Waals surface area contributed by atoms with Gasteiger partial charge in [0.15, 0.2) is 0 Å². The van der Waals surface area contributed by atoms with Crippen molar-refractivity contribution in [3.05, 3.63) is 0 Å². The van der Waals surface area contributed by atoms with Gasteiger partial charge in [-0.15, -0.1) is 0 Å². The molecule has 1 saturated heterocycles. The van der Waals surface area contributed by atoms with Gasteiger partial charge in [-0.3, -0.25) is 4.79 Å². The number of unbranched alkanes of at least 4 members (excludes halogenated alkanes) is 1. The molecule has 1 rings (SSSR count). The van der Waals surface area contributed by atoms with Gasteiger partial charge in [-0.1, -0.05) is 13.3 Å². The van der Waals surface area contributed by atoms with Crippen molar-refractivity contribution in [1.29, 1.82) is 5.26 Å². The Labute approximate surface area is 104 Å². The summed E-state index contributed by atoms with van der Waals surface area (Å²) in [6.45, 7) is 3.85. The highest BCUT2D eigenvalue weighted by Gasteiger charge is 2.39. The monoisotopic (exact) mass is 237 g/mol. The molecule has 0 aliphatic carbocycles. The third kappa shape index (κ3) is 3.19. The SMILES string of the molecule is CCCCC(=O)N(C)C1(C#N)CCN(C)CC1. The van der Waals surface area contributed by atoms with Crippen LogP contribution in [-0.2, 0) is 4.79 Å². The highest BCUT2D eigenvalue weighted by Crippen LogP contribution is 2.27. The van der Waals surface area contributed by atoms with E-state index in [4.69, 9.17) is 0 Å². The van der Waals surface area contributed by atoms with E-state index in [9.17, 15) is 10.1 Å². The molecule has 0 saturated carbocycles. The Bertz CT molecular complexity index is 300. The standard InChI is InChI=1S/C13H23N3O/c1-4-5-6-12(17)16(3)13(11-14)7-9-15(2)10-8-13/h4-10H2,1-3H3. The Kier molecular flexibility index (Phi) is 4.95. The first-order valence-corrected chi connectivity index (χ1v) is 6.42. The average Bonchev–Trinajstić information content (AvgIpc) is 2.36. The van der Waals surface area contributed by atoms with Crippen molar-refractivity contribution >= 4 is 5.91 Å². The predicted molar refractivity (Wildman–Crippen MR) is 67.4 cm³/mol. The van der Waals surface area contributed by atoms with Crippen LogP contribution in [0.5, 0.6) is 0 Å². The van der Waals surface area contributed by atoms with Gasteiger partial charge in [0.2, 0.25) is 5.91 Å². The molecular weight excluding hydrogens is 214 g/mol. The molecule has 1 fully saturated rings. The van der Waals surface area contributed by atoms with E-state index in [0.717, 1.165) is 38.8 Å². The molecule has 0 unspecified atom stereocenters. The summed E-state index contributed by atoms with van der Waals surface area (Å²) in [6.07, 6.45) is 4.00. The quantitative estimate of drug-likeness (QED) is 0.746. The van der Waals surface area contributed by atoms with Crippen LogP contribution in [0.15, 0.2) is 0 Å². The normalized spacial score (nSPS) is 19.6. The fraction of sp³-hybridized carbons (Fsp3) is 0.846. The second-order valence-corrected chi connectivity index (χ2v) is 5.00. The summed E-state index contributed by atoms with van der Waals surface area (Å²) in [5, 5.41) is 9.41. The van der Waals surface area contributed by atoms with Gasteiger partial charge in [0.1, 0.15) is 5.54 Å². The molecule has 4 heteroatoms. The van der Waals surface area contributed by atoms with Gasteiger partial charge in [-0.05, 0) is 26.3 Å². The van der Waals surface area contributed by atoms with E-state index >= 15 is 0 Å². The Morgan fingerprint density at radius 2 is 2.06 bits per heavy atom. The second kappa shape index (κ2) is 6.02. The van der Waals surface area contributed by atoms with Gasteiger partial charge in [0.25, 0.3) is 0 Å². The molecule has 0 radical (unpaired) electrons. The Morgan fingerprint density at radius 1 is 1.47 bits per heavy atom. The van der Waals surface area contributed by atoms with Crippen LogP contribution in [-0.4, -0.2) is 48.4 Å². The van der Waals surface area contributed by atoms with Gasteiger partial charge >= 0.3 is 0 Å². The number of carbonyl (C=O) groups is 1. The first-order chi connectivity index (χ1) is 8.05. The maximum absolute atomic E-state index is 12.0. The molecule has 0 atom stereocenters. The summed E-state index contributed by atoms with van der Waals surface area (Å²) in [7, 11) is 3.84. The Morgan fingerprint density at radius 3 is 2.53 bits per heavy atom. The van der Waals surface area contributed by atoms with Crippen LogP contribution in [0.2, 0.25) is 0 Å². The topological polar surface area (TPSA) is 47.3 Å². The predicted octanol–water partition coefficient (Wildman–Crippen LogP) is 1.62. The lowest BCUT2D eigenvalue weighted by molar-refractivity contribution is -0.135. The van der Waals surface area contributed by atoms with Crippen molar-refractivity contribution in [2.75, 3.05) is 27.2 Å². The lowest BCUT2D eigenvalue weighted by atomic mass is 9.87. The van der Waals surface area contributed by atoms with Crippen LogP contribution in [0.3, 0.4) is 0 Å². The van der Waals surface area contributed by atoms with Crippen molar-refractivity contribution in [2.24, 2.45) is 0 Å². The van der Waals surface area contributed by atoms with Gasteiger partial charge in [0.05, 0.1) is 6.07 Å². The molecule has 1 aliphatic rings. The summed E-state index contributed by atoms with van der Waals surface area (Å²) < 4.78 is 0. The zero-order valence-electron chi connectivity index (χ0n) is 11.2. The molecule has 0 aromatic heterocycles. The van der Waals surface area contributed by atoms with Gasteiger partial charge in [0, 0.05) is 26.6 Å². The molecule has 1 heterocycles. The maximum Gasteiger partial charge on any atom is 0.223 e. The minimum Gasteiger partial charge on any atom is -0.327 e. The van der Waals surface area contributed by atoms with Crippen molar-refractivity contribution in [1.82, 2.24) is 9.80 Å². The zero-order valence-corrected chi connectivity index (χ0v) is 11.2. The lowest BCUT2D eigenvalue weighted by Crippen LogP contribution is -2.54. The van der Waals surface area contributed by atoms with E-state index < -0.39 is 5.54 Å². The number of carbonyl (C=O) groups excluding carboxylic acids is 1. The van der Waals surface area contributed by atoms with E-state index in [1.54, 1.807) is 11.9 Å². The maximum atomic E-state index is 12.0. The molecule has 4 nitrogen and oxygen atoms in total. The van der Waals surface area contributed by atoms with E-state index in [-0.39, 0.29) is 5.91 Å². The highest BCUT2D eigenvalue weighted by molar-refractivity contribution is 5.77. The van der Waals surface area contributed by atoms with Gasteiger partial charge < -0.3 is 9.80 Å². The van der Waals surface area contributed by atoms with E-state index in [0.29, 0.717) is 6.42 Å². The third-order valence-electron chi connectivity index (χ3n) is 3.78. The van der Waals surface area contributed by atoms with Crippen LogP contribution >= 0.6 is 0 Å². The second-order valence-electron chi connectivity index (χ2n) is 5.00. The Balaban J connectivity index is 2.67. The summed E-state index contributed by atoms with van der Waals surface area (Å²) in [6, 6.07) is 2.37. The van der Waals surface area contributed by atoms with Gasteiger partial charge in [-0.25, -0.2) is 0 Å². The minimum absolute atomic E-state index is 0.109. The molecule has 0 N–H and O–H groups in total. The van der Waals surface area contributed by atoms with Crippen molar-refractivity contribution in [3.63, 3.8) is 0 Å². The fourth-order valence-electron chi connectivity index (χ4n) is 2.25. The lowest BCUT2D eigenvalue weighted by Gasteiger charge is -2.41. The van der Waals surface area contributed by atoms with E-state index in [1.807, 2.05) is 0 Å². The number of nitriles is 1. The molecule has 1 amide bonds. The van der Waals surface area contributed by atoms with Crippen LogP contribution < -0.4 is 0 Å². The van der Waals surface area contributed by atoms with Crippen LogP contribution in [0.25, 0.3) is 0 Å². The van der Waals surface area contributed by atoms with Crippen molar-refractivity contribution in [3.8, 4) is 6.07 Å². The molecule has 0 aromatic carbocycles. The van der Waals surface area contributed by atoms with Crippen molar-refractivity contribution < 1.29 is 4.79 Å².